The summed E-state index contributed by atoms with van der Waals surface area (Å²) in [5.74, 6) is -0.705. The van der Waals surface area contributed by atoms with E-state index in [1.54, 1.807) is 32.4 Å². The molecule has 0 unspecified atom stereocenters. The average molecular weight is 362 g/mol. The standard InChI is InChI=1S/C17H22N4O5/c1-17(2,3)26-16(25)19-13(14(22)20-21-15(23)24)8-10-9-18-12-7-5-4-6-11(10)12/h4-7,9,13,18,21H,8H2,1-3H3,(H,19,25)(H,20,22)(H,23,24)/t13-/m0/s1. The molecule has 0 bridgehead atoms. The van der Waals surface area contributed by atoms with Crippen molar-refractivity contribution in [1.29, 1.82) is 0 Å². The van der Waals surface area contributed by atoms with Crippen LogP contribution in [0.15, 0.2) is 30.5 Å². The number of hydrazine groups is 1. The summed E-state index contributed by atoms with van der Waals surface area (Å²) in [5.41, 5.74) is 4.78. The van der Waals surface area contributed by atoms with Gasteiger partial charge in [-0.1, -0.05) is 18.2 Å². The van der Waals surface area contributed by atoms with Crippen molar-refractivity contribution in [3.63, 3.8) is 0 Å². The van der Waals surface area contributed by atoms with E-state index in [-0.39, 0.29) is 6.42 Å². The van der Waals surface area contributed by atoms with Gasteiger partial charge in [0.2, 0.25) is 0 Å². The molecule has 3 amide bonds. The molecule has 9 nitrogen and oxygen atoms in total. The molecule has 2 rings (SSSR count). The van der Waals surface area contributed by atoms with Crippen LogP contribution in [0.3, 0.4) is 0 Å². The molecule has 0 saturated carbocycles. The number of carbonyl (C=O) groups excluding carboxylic acids is 2. The predicted octanol–water partition coefficient (Wildman–Crippen LogP) is 1.90. The number of aromatic nitrogens is 1. The Morgan fingerprint density at radius 2 is 1.88 bits per heavy atom. The Bertz CT molecular complexity index is 809. The Kier molecular flexibility index (Phi) is 5.71. The molecule has 0 spiro atoms. The second-order valence-corrected chi connectivity index (χ2v) is 6.68. The molecule has 1 atom stereocenters. The molecule has 0 aliphatic heterocycles. The zero-order valence-electron chi connectivity index (χ0n) is 14.8. The van der Waals surface area contributed by atoms with Crippen LogP contribution in [0.5, 0.6) is 0 Å². The second kappa shape index (κ2) is 7.77. The minimum Gasteiger partial charge on any atom is -0.464 e. The number of fused-ring (bicyclic) bond motifs is 1. The lowest BCUT2D eigenvalue weighted by Crippen LogP contribution is -2.53. The van der Waals surface area contributed by atoms with Crippen molar-refractivity contribution in [3.05, 3.63) is 36.0 Å². The van der Waals surface area contributed by atoms with E-state index >= 15 is 0 Å². The lowest BCUT2D eigenvalue weighted by Gasteiger charge is -2.23. The van der Waals surface area contributed by atoms with Gasteiger partial charge in [-0.3, -0.25) is 10.2 Å². The van der Waals surface area contributed by atoms with Crippen LogP contribution in [0.1, 0.15) is 26.3 Å². The molecule has 0 aliphatic rings. The molecule has 1 aromatic carbocycles. The van der Waals surface area contributed by atoms with Crippen molar-refractivity contribution in [2.24, 2.45) is 0 Å². The minimum atomic E-state index is -1.42. The van der Waals surface area contributed by atoms with E-state index in [1.807, 2.05) is 29.7 Å². The van der Waals surface area contributed by atoms with Gasteiger partial charge in [-0.25, -0.2) is 15.0 Å². The van der Waals surface area contributed by atoms with Gasteiger partial charge in [0, 0.05) is 23.5 Å². The Morgan fingerprint density at radius 1 is 1.19 bits per heavy atom. The van der Waals surface area contributed by atoms with Gasteiger partial charge >= 0.3 is 12.2 Å². The third kappa shape index (κ3) is 5.40. The van der Waals surface area contributed by atoms with Crippen LogP contribution in [0.2, 0.25) is 0 Å². The largest absolute Gasteiger partial charge is 0.464 e. The van der Waals surface area contributed by atoms with Crippen LogP contribution in [0.25, 0.3) is 10.9 Å². The van der Waals surface area contributed by atoms with Crippen LogP contribution in [-0.2, 0) is 16.0 Å². The molecule has 0 radical (unpaired) electrons. The summed E-state index contributed by atoms with van der Waals surface area (Å²) in [6.45, 7) is 5.11. The zero-order valence-corrected chi connectivity index (χ0v) is 14.8. The van der Waals surface area contributed by atoms with E-state index in [4.69, 9.17) is 9.84 Å². The number of carboxylic acid groups (broad SMARTS) is 1. The Labute approximate surface area is 150 Å². The summed E-state index contributed by atoms with van der Waals surface area (Å²) < 4.78 is 5.18. The number of ether oxygens (including phenoxy) is 1. The maximum atomic E-state index is 12.3. The minimum absolute atomic E-state index is 0.149. The molecule has 2 aromatic rings. The summed E-state index contributed by atoms with van der Waals surface area (Å²) >= 11 is 0. The van der Waals surface area contributed by atoms with E-state index in [9.17, 15) is 14.4 Å². The van der Waals surface area contributed by atoms with Crippen molar-refractivity contribution in [2.75, 3.05) is 0 Å². The first kappa shape index (κ1) is 19.1. The monoisotopic (exact) mass is 362 g/mol. The summed E-state index contributed by atoms with van der Waals surface area (Å²) in [7, 11) is 0. The molecule has 140 valence electrons. The van der Waals surface area contributed by atoms with E-state index in [0.717, 1.165) is 16.5 Å². The molecule has 0 aliphatic carbocycles. The van der Waals surface area contributed by atoms with E-state index < -0.39 is 29.7 Å². The molecular formula is C17H22N4O5. The Hall–Kier alpha value is -3.23. The van der Waals surface area contributed by atoms with Crippen LogP contribution >= 0.6 is 0 Å². The molecule has 1 heterocycles. The number of amides is 3. The molecule has 0 fully saturated rings. The van der Waals surface area contributed by atoms with Gasteiger partial charge in [-0.05, 0) is 32.4 Å². The van der Waals surface area contributed by atoms with Crippen molar-refractivity contribution in [1.82, 2.24) is 21.2 Å². The lowest BCUT2D eigenvalue weighted by atomic mass is 10.0. The van der Waals surface area contributed by atoms with Crippen molar-refractivity contribution < 1.29 is 24.2 Å². The van der Waals surface area contributed by atoms with Crippen LogP contribution < -0.4 is 16.2 Å². The Morgan fingerprint density at radius 3 is 2.54 bits per heavy atom. The highest BCUT2D eigenvalue weighted by atomic mass is 16.6. The third-order valence-electron chi connectivity index (χ3n) is 3.40. The van der Waals surface area contributed by atoms with Gasteiger partial charge in [0.1, 0.15) is 11.6 Å². The van der Waals surface area contributed by atoms with Crippen LogP contribution in [0, 0.1) is 0 Å². The third-order valence-corrected chi connectivity index (χ3v) is 3.40. The maximum Gasteiger partial charge on any atom is 0.423 e. The molecule has 9 heteroatoms. The number of nitrogens with one attached hydrogen (secondary N) is 4. The van der Waals surface area contributed by atoms with Gasteiger partial charge < -0.3 is 20.1 Å². The number of rotatable bonds is 4. The first-order valence-electron chi connectivity index (χ1n) is 7.99. The molecular weight excluding hydrogens is 340 g/mol. The topological polar surface area (TPSA) is 133 Å². The quantitative estimate of drug-likeness (QED) is 0.530. The highest BCUT2D eigenvalue weighted by Crippen LogP contribution is 2.19. The predicted molar refractivity (Wildman–Crippen MR) is 94.5 cm³/mol. The van der Waals surface area contributed by atoms with E-state index in [0.29, 0.717) is 0 Å². The van der Waals surface area contributed by atoms with Gasteiger partial charge in [0.15, 0.2) is 0 Å². The van der Waals surface area contributed by atoms with Crippen molar-refractivity contribution >= 4 is 29.0 Å². The number of carbonyl (C=O) groups is 3. The van der Waals surface area contributed by atoms with Crippen molar-refractivity contribution in [3.8, 4) is 0 Å². The molecule has 1 aromatic heterocycles. The number of H-pyrrole nitrogens is 1. The maximum absolute atomic E-state index is 12.3. The highest BCUT2D eigenvalue weighted by Gasteiger charge is 2.26. The highest BCUT2D eigenvalue weighted by molar-refractivity contribution is 5.89. The number of hydrogen-bond donors (Lipinski definition) is 5. The number of aromatic amines is 1. The number of hydrogen-bond acceptors (Lipinski definition) is 4. The van der Waals surface area contributed by atoms with E-state index in [1.165, 1.54) is 0 Å². The van der Waals surface area contributed by atoms with Gasteiger partial charge in [0.25, 0.3) is 5.91 Å². The lowest BCUT2D eigenvalue weighted by molar-refractivity contribution is -0.124. The van der Waals surface area contributed by atoms with Crippen molar-refractivity contribution in [2.45, 2.75) is 38.8 Å². The fourth-order valence-corrected chi connectivity index (χ4v) is 2.38. The number of para-hydroxylation sites is 1. The first-order chi connectivity index (χ1) is 12.2. The van der Waals surface area contributed by atoms with Gasteiger partial charge in [-0.2, -0.15) is 0 Å². The number of benzene rings is 1. The fraction of sp³-hybridized carbons (Fsp3) is 0.353. The van der Waals surface area contributed by atoms with Gasteiger partial charge in [-0.15, -0.1) is 0 Å². The smallest absolute Gasteiger partial charge is 0.423 e. The Balaban J connectivity index is 2.17. The van der Waals surface area contributed by atoms with E-state index in [2.05, 4.69) is 10.3 Å². The van der Waals surface area contributed by atoms with Gasteiger partial charge in [0.05, 0.1) is 0 Å². The van der Waals surface area contributed by atoms with Crippen LogP contribution in [-0.4, -0.2) is 39.8 Å². The SMILES string of the molecule is CC(C)(C)OC(=O)N[C@@H](Cc1c[nH]c2ccccc12)C(=O)NNC(=O)O. The summed E-state index contributed by atoms with van der Waals surface area (Å²) in [4.78, 5) is 38.0. The summed E-state index contributed by atoms with van der Waals surface area (Å²) in [6.07, 6.45) is -0.294. The zero-order chi connectivity index (χ0) is 19.3. The molecule has 0 saturated heterocycles. The molecule has 26 heavy (non-hydrogen) atoms. The summed E-state index contributed by atoms with van der Waals surface area (Å²) in [6, 6.07) is 6.49. The first-order valence-corrected chi connectivity index (χ1v) is 7.99. The normalized spacial score (nSPS) is 12.3. The summed E-state index contributed by atoms with van der Waals surface area (Å²) in [5, 5.41) is 12.0. The molecule has 5 N–H and O–H groups in total. The fourth-order valence-electron chi connectivity index (χ4n) is 2.38. The second-order valence-electron chi connectivity index (χ2n) is 6.68. The average Bonchev–Trinajstić information content (AvgIpc) is 2.93. The van der Waals surface area contributed by atoms with Crippen LogP contribution in [0.4, 0.5) is 9.59 Å². The number of alkyl carbamates (subject to hydrolysis) is 1.